The molecule has 0 bridgehead atoms. The molecule has 32 heavy (non-hydrogen) atoms. The second-order valence-electron chi connectivity index (χ2n) is 6.77. The highest BCUT2D eigenvalue weighted by Gasteiger charge is 2.12. The zero-order chi connectivity index (χ0) is 21.8. The molecule has 3 heterocycles. The molecule has 156 valence electrons. The van der Waals surface area contributed by atoms with Crippen LogP contribution in [0.15, 0.2) is 85.3 Å². The fraction of sp³-hybridized carbons (Fsp3) is 0. The lowest BCUT2D eigenvalue weighted by atomic mass is 10.2. The Morgan fingerprint density at radius 3 is 2.28 bits per heavy atom. The molecule has 3 N–H and O–H groups in total. The monoisotopic (exact) mass is 439 g/mol. The Bertz CT molecular complexity index is 1340. The molecular formula is C23H17N7OS. The third-order valence-electron chi connectivity index (χ3n) is 4.49. The second kappa shape index (κ2) is 8.78. The maximum atomic E-state index is 12.5. The van der Waals surface area contributed by atoms with Gasteiger partial charge in [-0.1, -0.05) is 18.2 Å². The first-order chi connectivity index (χ1) is 15.7. The number of hydrogen-bond acceptors (Lipinski definition) is 8. The Balaban J connectivity index is 1.24. The molecule has 0 fully saturated rings. The van der Waals surface area contributed by atoms with Crippen molar-refractivity contribution in [3.63, 3.8) is 0 Å². The van der Waals surface area contributed by atoms with Crippen LogP contribution < -0.4 is 16.0 Å². The Hall–Kier alpha value is -4.37. The number of aromatic nitrogens is 4. The fourth-order valence-corrected chi connectivity index (χ4v) is 3.86. The summed E-state index contributed by atoms with van der Waals surface area (Å²) in [4.78, 5) is 29.6. The van der Waals surface area contributed by atoms with Gasteiger partial charge in [-0.3, -0.25) is 4.79 Å². The number of carbonyl (C=O) groups is 1. The van der Waals surface area contributed by atoms with Crippen LogP contribution in [0.3, 0.4) is 0 Å². The Kier molecular flexibility index (Phi) is 5.38. The maximum absolute atomic E-state index is 12.5. The first-order valence-corrected chi connectivity index (χ1v) is 10.6. The third kappa shape index (κ3) is 4.52. The van der Waals surface area contributed by atoms with Gasteiger partial charge in [0.1, 0.15) is 23.8 Å². The van der Waals surface area contributed by atoms with Crippen molar-refractivity contribution in [1.82, 2.24) is 19.9 Å². The van der Waals surface area contributed by atoms with Gasteiger partial charge >= 0.3 is 0 Å². The number of nitrogens with one attached hydrogen (secondary N) is 3. The van der Waals surface area contributed by atoms with Gasteiger partial charge in [-0.2, -0.15) is 0 Å². The van der Waals surface area contributed by atoms with E-state index in [4.69, 9.17) is 0 Å². The largest absolute Gasteiger partial charge is 0.340 e. The van der Waals surface area contributed by atoms with Crippen LogP contribution in [0, 0.1) is 0 Å². The summed E-state index contributed by atoms with van der Waals surface area (Å²) in [5.41, 5.74) is 2.33. The molecule has 0 radical (unpaired) electrons. The van der Waals surface area contributed by atoms with Crippen molar-refractivity contribution >= 4 is 56.3 Å². The number of carbonyl (C=O) groups excluding carboxylic acids is 1. The minimum Gasteiger partial charge on any atom is -0.340 e. The van der Waals surface area contributed by atoms with Crippen LogP contribution in [0.25, 0.3) is 10.2 Å². The molecule has 0 saturated heterocycles. The van der Waals surface area contributed by atoms with Gasteiger partial charge in [-0.25, -0.2) is 19.9 Å². The predicted octanol–water partition coefficient (Wildman–Crippen LogP) is 5.22. The molecule has 2 aromatic carbocycles. The summed E-state index contributed by atoms with van der Waals surface area (Å²) in [5, 5.41) is 9.67. The lowest BCUT2D eigenvalue weighted by molar-refractivity contribution is 0.102. The number of hydrogen-bond donors (Lipinski definition) is 3. The Labute approximate surface area is 187 Å². The zero-order valence-corrected chi connectivity index (χ0v) is 17.5. The summed E-state index contributed by atoms with van der Waals surface area (Å²) in [6.45, 7) is 0. The van der Waals surface area contributed by atoms with E-state index < -0.39 is 0 Å². The summed E-state index contributed by atoms with van der Waals surface area (Å²) in [6, 6.07) is 22.5. The minimum absolute atomic E-state index is 0.229. The molecule has 5 aromatic rings. The van der Waals surface area contributed by atoms with Crippen LogP contribution in [0.1, 0.15) is 9.80 Å². The molecule has 0 atom stereocenters. The molecular weight excluding hydrogens is 422 g/mol. The quantitative estimate of drug-likeness (QED) is 0.333. The number of amides is 1. The van der Waals surface area contributed by atoms with Crippen molar-refractivity contribution in [1.29, 1.82) is 0 Å². The smallest absolute Gasteiger partial charge is 0.284 e. The number of nitrogens with zero attached hydrogens (tertiary/aromatic N) is 4. The van der Waals surface area contributed by atoms with Crippen LogP contribution in [-0.4, -0.2) is 25.8 Å². The first kappa shape index (κ1) is 19.6. The molecule has 9 heteroatoms. The topological polar surface area (TPSA) is 105 Å². The van der Waals surface area contributed by atoms with Gasteiger partial charge in [0, 0.05) is 23.6 Å². The molecule has 5 rings (SSSR count). The van der Waals surface area contributed by atoms with Crippen molar-refractivity contribution in [2.24, 2.45) is 0 Å². The highest BCUT2D eigenvalue weighted by Crippen LogP contribution is 2.24. The molecule has 0 saturated carbocycles. The summed E-state index contributed by atoms with van der Waals surface area (Å²) in [5.74, 6) is 1.73. The predicted molar refractivity (Wildman–Crippen MR) is 127 cm³/mol. The van der Waals surface area contributed by atoms with Crippen molar-refractivity contribution in [2.75, 3.05) is 16.0 Å². The van der Waals surface area contributed by atoms with E-state index in [0.29, 0.717) is 28.1 Å². The Morgan fingerprint density at radius 2 is 1.50 bits per heavy atom. The molecule has 0 aliphatic heterocycles. The lowest BCUT2D eigenvalue weighted by Gasteiger charge is -2.09. The second-order valence-corrected chi connectivity index (χ2v) is 7.80. The van der Waals surface area contributed by atoms with Crippen LogP contribution >= 0.6 is 11.3 Å². The number of fused-ring (bicyclic) bond motifs is 1. The summed E-state index contributed by atoms with van der Waals surface area (Å²) in [6.07, 6.45) is 3.18. The van der Waals surface area contributed by atoms with E-state index in [1.807, 2.05) is 66.7 Å². The average Bonchev–Trinajstić information content (AvgIpc) is 3.26. The maximum Gasteiger partial charge on any atom is 0.284 e. The highest BCUT2D eigenvalue weighted by molar-refractivity contribution is 7.20. The molecule has 0 aliphatic rings. The molecule has 0 aliphatic carbocycles. The van der Waals surface area contributed by atoms with Gasteiger partial charge in [0.25, 0.3) is 5.91 Å². The van der Waals surface area contributed by atoms with Gasteiger partial charge in [0.2, 0.25) is 0 Å². The SMILES string of the molecule is O=C(Nc1ccc(Nc2cc(Nc3ccccn3)ncn2)cc1)c1nc2ccccc2s1. The van der Waals surface area contributed by atoms with Crippen LogP contribution in [0.5, 0.6) is 0 Å². The zero-order valence-electron chi connectivity index (χ0n) is 16.7. The first-order valence-electron chi connectivity index (χ1n) is 9.77. The lowest BCUT2D eigenvalue weighted by Crippen LogP contribution is -2.11. The van der Waals surface area contributed by atoms with E-state index in [2.05, 4.69) is 35.9 Å². The number of pyridine rings is 1. The van der Waals surface area contributed by atoms with E-state index in [1.165, 1.54) is 17.7 Å². The van der Waals surface area contributed by atoms with Gasteiger partial charge in [-0.15, -0.1) is 11.3 Å². The highest BCUT2D eigenvalue weighted by atomic mass is 32.1. The van der Waals surface area contributed by atoms with E-state index >= 15 is 0 Å². The molecule has 0 unspecified atom stereocenters. The van der Waals surface area contributed by atoms with Crippen molar-refractivity contribution in [2.45, 2.75) is 0 Å². The van der Waals surface area contributed by atoms with Gasteiger partial charge in [0.15, 0.2) is 5.01 Å². The fourth-order valence-electron chi connectivity index (χ4n) is 3.00. The summed E-state index contributed by atoms with van der Waals surface area (Å²) < 4.78 is 0.985. The molecule has 1 amide bonds. The van der Waals surface area contributed by atoms with E-state index in [1.54, 1.807) is 12.3 Å². The molecule has 3 aromatic heterocycles. The van der Waals surface area contributed by atoms with Gasteiger partial charge in [-0.05, 0) is 48.5 Å². The van der Waals surface area contributed by atoms with Crippen molar-refractivity contribution in [3.8, 4) is 0 Å². The third-order valence-corrected chi connectivity index (χ3v) is 5.53. The van der Waals surface area contributed by atoms with Crippen LogP contribution in [0.2, 0.25) is 0 Å². The normalized spacial score (nSPS) is 10.6. The average molecular weight is 440 g/mol. The van der Waals surface area contributed by atoms with Crippen LogP contribution in [-0.2, 0) is 0 Å². The van der Waals surface area contributed by atoms with Crippen molar-refractivity contribution < 1.29 is 4.79 Å². The number of thiazole rings is 1. The molecule has 0 spiro atoms. The number of para-hydroxylation sites is 1. The van der Waals surface area contributed by atoms with Gasteiger partial charge in [0.05, 0.1) is 10.2 Å². The van der Waals surface area contributed by atoms with Gasteiger partial charge < -0.3 is 16.0 Å². The van der Waals surface area contributed by atoms with E-state index in [0.717, 1.165) is 15.9 Å². The number of anilines is 5. The van der Waals surface area contributed by atoms with Crippen LogP contribution in [0.4, 0.5) is 28.8 Å². The minimum atomic E-state index is -0.229. The number of benzene rings is 2. The van der Waals surface area contributed by atoms with Crippen molar-refractivity contribution in [3.05, 3.63) is 90.3 Å². The van der Waals surface area contributed by atoms with E-state index in [-0.39, 0.29) is 5.91 Å². The Morgan fingerprint density at radius 1 is 0.750 bits per heavy atom. The standard InChI is InChI=1S/C23H17N7OS/c31-22(23-29-17-5-1-2-6-18(17)32-23)28-16-10-8-15(9-11-16)27-20-13-21(26-14-25-20)30-19-7-3-4-12-24-19/h1-14H,(H,28,31)(H2,24,25,26,27,30). The number of rotatable bonds is 6. The van der Waals surface area contributed by atoms with E-state index in [9.17, 15) is 4.79 Å². The summed E-state index contributed by atoms with van der Waals surface area (Å²) >= 11 is 1.37. The summed E-state index contributed by atoms with van der Waals surface area (Å²) in [7, 11) is 0. The molecule has 8 nitrogen and oxygen atoms in total.